The molecule has 1 fully saturated rings. The minimum Gasteiger partial charge on any atom is -0.370 e. The molecule has 1 aromatic rings. The number of benzene rings is 1. The Morgan fingerprint density at radius 3 is 2.68 bits per heavy atom. The van der Waals surface area contributed by atoms with Crippen molar-refractivity contribution in [1.29, 1.82) is 0 Å². The van der Waals surface area contributed by atoms with Crippen LogP contribution >= 0.6 is 0 Å². The molecular formula is C16H27N3. The number of hydrogen-bond donors (Lipinski definition) is 1. The van der Waals surface area contributed by atoms with Crippen LogP contribution in [-0.4, -0.2) is 44.2 Å². The lowest BCUT2D eigenvalue weighted by Crippen LogP contribution is -2.37. The SMILES string of the molecule is CCN(CC)C1CCN(c2ccccc2CNC)C1. The van der Waals surface area contributed by atoms with E-state index in [2.05, 4.69) is 53.2 Å². The van der Waals surface area contributed by atoms with Crippen LogP contribution in [0.1, 0.15) is 25.8 Å². The number of hydrogen-bond acceptors (Lipinski definition) is 3. The molecule has 19 heavy (non-hydrogen) atoms. The Morgan fingerprint density at radius 2 is 2.00 bits per heavy atom. The highest BCUT2D eigenvalue weighted by atomic mass is 15.3. The Kier molecular flexibility index (Phi) is 5.23. The second-order valence-electron chi connectivity index (χ2n) is 5.27. The van der Waals surface area contributed by atoms with Gasteiger partial charge in [-0.25, -0.2) is 0 Å². The predicted molar refractivity (Wildman–Crippen MR) is 82.7 cm³/mol. The van der Waals surface area contributed by atoms with Gasteiger partial charge in [0.2, 0.25) is 0 Å². The van der Waals surface area contributed by atoms with Crippen LogP contribution in [0.4, 0.5) is 5.69 Å². The zero-order valence-corrected chi connectivity index (χ0v) is 12.5. The van der Waals surface area contributed by atoms with Crippen molar-refractivity contribution in [2.75, 3.05) is 38.1 Å². The Balaban J connectivity index is 2.08. The van der Waals surface area contributed by atoms with Crippen LogP contribution in [-0.2, 0) is 6.54 Å². The van der Waals surface area contributed by atoms with Gasteiger partial charge in [-0.2, -0.15) is 0 Å². The van der Waals surface area contributed by atoms with Gasteiger partial charge in [-0.3, -0.25) is 4.90 Å². The highest BCUT2D eigenvalue weighted by Crippen LogP contribution is 2.26. The highest BCUT2D eigenvalue weighted by molar-refractivity contribution is 5.54. The lowest BCUT2D eigenvalue weighted by molar-refractivity contribution is 0.232. The first-order valence-corrected chi connectivity index (χ1v) is 7.51. The number of rotatable bonds is 6. The van der Waals surface area contributed by atoms with Gasteiger partial charge < -0.3 is 10.2 Å². The van der Waals surface area contributed by atoms with E-state index in [0.29, 0.717) is 0 Å². The molecule has 0 bridgehead atoms. The second kappa shape index (κ2) is 6.92. The van der Waals surface area contributed by atoms with Crippen molar-refractivity contribution in [2.45, 2.75) is 32.9 Å². The minimum absolute atomic E-state index is 0.720. The summed E-state index contributed by atoms with van der Waals surface area (Å²) in [7, 11) is 2.01. The third-order valence-corrected chi connectivity index (χ3v) is 4.19. The van der Waals surface area contributed by atoms with Crippen molar-refractivity contribution in [2.24, 2.45) is 0 Å². The number of nitrogens with zero attached hydrogens (tertiary/aromatic N) is 2. The van der Waals surface area contributed by atoms with Gasteiger partial charge in [0.15, 0.2) is 0 Å². The van der Waals surface area contributed by atoms with Gasteiger partial charge in [-0.15, -0.1) is 0 Å². The zero-order chi connectivity index (χ0) is 13.7. The monoisotopic (exact) mass is 261 g/mol. The molecule has 0 amide bonds. The maximum Gasteiger partial charge on any atom is 0.0412 e. The van der Waals surface area contributed by atoms with E-state index in [1.807, 2.05) is 7.05 Å². The summed E-state index contributed by atoms with van der Waals surface area (Å²) in [4.78, 5) is 5.14. The number of likely N-dealkylation sites (N-methyl/N-ethyl adjacent to an activating group) is 1. The van der Waals surface area contributed by atoms with Crippen LogP contribution in [0.5, 0.6) is 0 Å². The fourth-order valence-electron chi connectivity index (χ4n) is 3.16. The van der Waals surface area contributed by atoms with Crippen LogP contribution in [0.3, 0.4) is 0 Å². The first kappa shape index (κ1) is 14.4. The van der Waals surface area contributed by atoms with Gasteiger partial charge >= 0.3 is 0 Å². The molecule has 0 spiro atoms. The average molecular weight is 261 g/mol. The molecule has 106 valence electrons. The smallest absolute Gasteiger partial charge is 0.0412 e. The van der Waals surface area contributed by atoms with E-state index >= 15 is 0 Å². The molecule has 1 aliphatic heterocycles. The van der Waals surface area contributed by atoms with Gasteiger partial charge in [0.1, 0.15) is 0 Å². The summed E-state index contributed by atoms with van der Waals surface area (Å²) in [6.45, 7) is 10.1. The fourth-order valence-corrected chi connectivity index (χ4v) is 3.16. The molecule has 0 radical (unpaired) electrons. The van der Waals surface area contributed by atoms with Crippen molar-refractivity contribution >= 4 is 5.69 Å². The molecule has 1 heterocycles. The zero-order valence-electron chi connectivity index (χ0n) is 12.5. The molecule has 1 N–H and O–H groups in total. The summed E-state index contributed by atoms with van der Waals surface area (Å²) in [6, 6.07) is 9.50. The molecule has 0 aromatic heterocycles. The first-order chi connectivity index (χ1) is 9.30. The largest absolute Gasteiger partial charge is 0.370 e. The van der Waals surface area contributed by atoms with E-state index in [9.17, 15) is 0 Å². The molecule has 0 saturated carbocycles. The van der Waals surface area contributed by atoms with Gasteiger partial charge in [0.05, 0.1) is 0 Å². The molecule has 1 unspecified atom stereocenters. The van der Waals surface area contributed by atoms with E-state index in [1.54, 1.807) is 0 Å². The molecule has 2 rings (SSSR count). The first-order valence-electron chi connectivity index (χ1n) is 7.51. The Morgan fingerprint density at radius 1 is 1.26 bits per heavy atom. The fraction of sp³-hybridized carbons (Fsp3) is 0.625. The summed E-state index contributed by atoms with van der Waals surface area (Å²) in [5, 5.41) is 3.27. The lowest BCUT2D eigenvalue weighted by Gasteiger charge is -2.27. The summed E-state index contributed by atoms with van der Waals surface area (Å²) < 4.78 is 0. The van der Waals surface area contributed by atoms with E-state index in [1.165, 1.54) is 30.8 Å². The molecule has 1 aliphatic rings. The Labute approximate surface area is 117 Å². The van der Waals surface area contributed by atoms with Crippen molar-refractivity contribution in [1.82, 2.24) is 10.2 Å². The van der Waals surface area contributed by atoms with Crippen LogP contribution in [0, 0.1) is 0 Å². The Hall–Kier alpha value is -1.06. The van der Waals surface area contributed by atoms with Crippen molar-refractivity contribution in [3.05, 3.63) is 29.8 Å². The van der Waals surface area contributed by atoms with E-state index in [0.717, 1.165) is 25.7 Å². The quantitative estimate of drug-likeness (QED) is 0.848. The molecule has 0 aliphatic carbocycles. The number of para-hydroxylation sites is 1. The molecule has 1 saturated heterocycles. The lowest BCUT2D eigenvalue weighted by atomic mass is 10.1. The predicted octanol–water partition coefficient (Wildman–Crippen LogP) is 2.33. The minimum atomic E-state index is 0.720. The molecular weight excluding hydrogens is 234 g/mol. The summed E-state index contributed by atoms with van der Waals surface area (Å²) in [5.41, 5.74) is 2.82. The van der Waals surface area contributed by atoms with Gasteiger partial charge in [0, 0.05) is 31.4 Å². The van der Waals surface area contributed by atoms with Crippen LogP contribution < -0.4 is 10.2 Å². The number of anilines is 1. The average Bonchev–Trinajstić information content (AvgIpc) is 2.91. The van der Waals surface area contributed by atoms with E-state index in [4.69, 9.17) is 0 Å². The third-order valence-electron chi connectivity index (χ3n) is 4.19. The Bertz CT molecular complexity index is 387. The van der Waals surface area contributed by atoms with Crippen LogP contribution in [0.2, 0.25) is 0 Å². The maximum atomic E-state index is 3.27. The van der Waals surface area contributed by atoms with Gasteiger partial charge in [0.25, 0.3) is 0 Å². The molecule has 3 nitrogen and oxygen atoms in total. The summed E-state index contributed by atoms with van der Waals surface area (Å²) >= 11 is 0. The van der Waals surface area contributed by atoms with Gasteiger partial charge in [-0.1, -0.05) is 32.0 Å². The van der Waals surface area contributed by atoms with Crippen molar-refractivity contribution < 1.29 is 0 Å². The van der Waals surface area contributed by atoms with Crippen LogP contribution in [0.15, 0.2) is 24.3 Å². The summed E-state index contributed by atoms with van der Waals surface area (Å²) in [5.74, 6) is 0. The molecule has 3 heteroatoms. The maximum absolute atomic E-state index is 3.27. The summed E-state index contributed by atoms with van der Waals surface area (Å²) in [6.07, 6.45) is 1.29. The van der Waals surface area contributed by atoms with Crippen molar-refractivity contribution in [3.8, 4) is 0 Å². The molecule has 1 atom stereocenters. The topological polar surface area (TPSA) is 18.5 Å². The van der Waals surface area contributed by atoms with Crippen molar-refractivity contribution in [3.63, 3.8) is 0 Å². The highest BCUT2D eigenvalue weighted by Gasteiger charge is 2.27. The third kappa shape index (κ3) is 3.28. The normalized spacial score (nSPS) is 19.4. The van der Waals surface area contributed by atoms with E-state index in [-0.39, 0.29) is 0 Å². The van der Waals surface area contributed by atoms with Gasteiger partial charge in [-0.05, 0) is 38.2 Å². The van der Waals surface area contributed by atoms with E-state index < -0.39 is 0 Å². The molecule has 1 aromatic carbocycles. The second-order valence-corrected chi connectivity index (χ2v) is 5.27. The number of nitrogens with one attached hydrogen (secondary N) is 1. The standard InChI is InChI=1S/C16H27N3/c1-4-18(5-2)15-10-11-19(13-15)16-9-7-6-8-14(16)12-17-3/h6-9,15,17H,4-5,10-13H2,1-3H3. The van der Waals surface area contributed by atoms with Crippen LogP contribution in [0.25, 0.3) is 0 Å².